The average Bonchev–Trinajstić information content (AvgIpc) is 2.96. The molecule has 0 spiro atoms. The van der Waals surface area contributed by atoms with Gasteiger partial charge in [0.1, 0.15) is 6.54 Å². The van der Waals surface area contributed by atoms with Gasteiger partial charge in [0.2, 0.25) is 15.9 Å². The number of amides is 1. The van der Waals surface area contributed by atoms with E-state index in [1.165, 1.54) is 12.1 Å². The quantitative estimate of drug-likeness (QED) is 0.737. The van der Waals surface area contributed by atoms with E-state index in [1.54, 1.807) is 12.1 Å². The number of hydrogen-bond donors (Lipinski definition) is 2. The number of nitrogens with one attached hydrogen (secondary N) is 1. The van der Waals surface area contributed by atoms with Crippen LogP contribution in [0.2, 0.25) is 0 Å². The summed E-state index contributed by atoms with van der Waals surface area (Å²) in [5, 5.41) is 8.96. The van der Waals surface area contributed by atoms with Gasteiger partial charge >= 0.3 is 0 Å². The van der Waals surface area contributed by atoms with Gasteiger partial charge in [-0.3, -0.25) is 4.79 Å². The Labute approximate surface area is 139 Å². The lowest BCUT2D eigenvalue weighted by molar-refractivity contribution is -0.121. The summed E-state index contributed by atoms with van der Waals surface area (Å²) in [7, 11) is -3.70. The molecule has 0 aliphatic rings. The summed E-state index contributed by atoms with van der Waals surface area (Å²) in [5.74, 6) is -0.119. The molecule has 0 aliphatic heterocycles. The van der Waals surface area contributed by atoms with Gasteiger partial charge in [0.05, 0.1) is 4.90 Å². The third-order valence-corrected chi connectivity index (χ3v) is 4.66. The number of para-hydroxylation sites is 1. The van der Waals surface area contributed by atoms with Crippen molar-refractivity contribution >= 4 is 26.8 Å². The summed E-state index contributed by atoms with van der Waals surface area (Å²) in [4.78, 5) is 12.2. The van der Waals surface area contributed by atoms with Gasteiger partial charge in [0.25, 0.3) is 0 Å². The molecule has 0 bridgehead atoms. The predicted octanol–water partition coefficient (Wildman–Crippen LogP) is 1.61. The Balaban J connectivity index is 1.61. The number of rotatable bonds is 5. The SMILES string of the molecule is NS(=O)(=O)c1ccc(CNC(=O)Cn2ccc3ccccc32)cc1. The molecule has 7 heteroatoms. The highest BCUT2D eigenvalue weighted by Gasteiger charge is 2.08. The minimum absolute atomic E-state index is 0.0522. The van der Waals surface area contributed by atoms with Gasteiger partial charge in [-0.25, -0.2) is 13.6 Å². The van der Waals surface area contributed by atoms with E-state index in [4.69, 9.17) is 5.14 Å². The van der Waals surface area contributed by atoms with Crippen molar-refractivity contribution in [2.75, 3.05) is 0 Å². The van der Waals surface area contributed by atoms with E-state index in [0.717, 1.165) is 16.5 Å². The van der Waals surface area contributed by atoms with Gasteiger partial charge in [-0.05, 0) is 35.2 Å². The average molecular weight is 343 g/mol. The van der Waals surface area contributed by atoms with Gasteiger partial charge in [-0.15, -0.1) is 0 Å². The Morgan fingerprint density at radius 1 is 1.04 bits per heavy atom. The van der Waals surface area contributed by atoms with Gasteiger partial charge in [0, 0.05) is 18.3 Å². The zero-order valence-electron chi connectivity index (χ0n) is 12.8. The maximum absolute atomic E-state index is 12.1. The first-order valence-corrected chi connectivity index (χ1v) is 8.90. The largest absolute Gasteiger partial charge is 0.350 e. The van der Waals surface area contributed by atoms with Crippen LogP contribution in [0.5, 0.6) is 0 Å². The Morgan fingerprint density at radius 2 is 1.75 bits per heavy atom. The summed E-state index contributed by atoms with van der Waals surface area (Å²) in [6.07, 6.45) is 1.88. The Hall–Kier alpha value is -2.64. The van der Waals surface area contributed by atoms with Crippen molar-refractivity contribution in [3.63, 3.8) is 0 Å². The van der Waals surface area contributed by atoms with Crippen molar-refractivity contribution < 1.29 is 13.2 Å². The molecular weight excluding hydrogens is 326 g/mol. The zero-order chi connectivity index (χ0) is 17.2. The number of aromatic nitrogens is 1. The first kappa shape index (κ1) is 16.2. The molecule has 0 atom stereocenters. The Bertz CT molecular complexity index is 976. The number of carbonyl (C=O) groups excluding carboxylic acids is 1. The second-order valence-corrected chi connectivity index (χ2v) is 7.03. The molecule has 1 aromatic heterocycles. The van der Waals surface area contributed by atoms with Crippen LogP contribution in [0.1, 0.15) is 5.56 Å². The van der Waals surface area contributed by atoms with Crippen LogP contribution in [0, 0.1) is 0 Å². The Kier molecular flexibility index (Phi) is 4.37. The van der Waals surface area contributed by atoms with Crippen LogP contribution < -0.4 is 10.5 Å². The third-order valence-electron chi connectivity index (χ3n) is 3.74. The van der Waals surface area contributed by atoms with Crippen LogP contribution in [-0.4, -0.2) is 18.9 Å². The number of fused-ring (bicyclic) bond motifs is 1. The summed E-state index contributed by atoms with van der Waals surface area (Å²) in [6.45, 7) is 0.547. The van der Waals surface area contributed by atoms with Crippen molar-refractivity contribution in [1.82, 2.24) is 9.88 Å². The molecule has 3 rings (SSSR count). The van der Waals surface area contributed by atoms with Crippen LogP contribution in [0.4, 0.5) is 0 Å². The van der Waals surface area contributed by atoms with Crippen LogP contribution in [0.15, 0.2) is 65.7 Å². The molecule has 0 radical (unpaired) electrons. The number of hydrogen-bond acceptors (Lipinski definition) is 3. The lowest BCUT2D eigenvalue weighted by atomic mass is 10.2. The number of carbonyl (C=O) groups is 1. The van der Waals surface area contributed by atoms with Crippen molar-refractivity contribution in [3.8, 4) is 0 Å². The molecule has 1 amide bonds. The van der Waals surface area contributed by atoms with Crippen LogP contribution >= 0.6 is 0 Å². The fourth-order valence-corrected chi connectivity index (χ4v) is 3.00. The van der Waals surface area contributed by atoms with Gasteiger partial charge in [-0.1, -0.05) is 30.3 Å². The second kappa shape index (κ2) is 6.46. The van der Waals surface area contributed by atoms with Gasteiger partial charge in [-0.2, -0.15) is 0 Å². The zero-order valence-corrected chi connectivity index (χ0v) is 13.7. The molecule has 24 heavy (non-hydrogen) atoms. The van der Waals surface area contributed by atoms with E-state index in [2.05, 4.69) is 5.32 Å². The molecule has 0 saturated heterocycles. The fourth-order valence-electron chi connectivity index (χ4n) is 2.49. The van der Waals surface area contributed by atoms with E-state index < -0.39 is 10.0 Å². The number of nitrogens with two attached hydrogens (primary N) is 1. The van der Waals surface area contributed by atoms with E-state index in [9.17, 15) is 13.2 Å². The molecular formula is C17H17N3O3S. The lowest BCUT2D eigenvalue weighted by Gasteiger charge is -2.08. The molecule has 124 valence electrons. The van der Waals surface area contributed by atoms with E-state index in [1.807, 2.05) is 41.1 Å². The molecule has 3 N–H and O–H groups in total. The molecule has 0 aliphatic carbocycles. The first-order valence-electron chi connectivity index (χ1n) is 7.36. The molecule has 3 aromatic rings. The molecule has 6 nitrogen and oxygen atoms in total. The van der Waals surface area contributed by atoms with Gasteiger partial charge in [0.15, 0.2) is 0 Å². The normalized spacial score (nSPS) is 11.5. The maximum atomic E-state index is 12.1. The molecule has 0 unspecified atom stereocenters. The highest BCUT2D eigenvalue weighted by molar-refractivity contribution is 7.89. The number of sulfonamides is 1. The van der Waals surface area contributed by atoms with E-state index >= 15 is 0 Å². The number of benzene rings is 2. The molecule has 2 aromatic carbocycles. The molecule has 1 heterocycles. The first-order chi connectivity index (χ1) is 11.4. The second-order valence-electron chi connectivity index (χ2n) is 5.47. The minimum atomic E-state index is -3.70. The Morgan fingerprint density at radius 3 is 2.46 bits per heavy atom. The standard InChI is InChI=1S/C17H17N3O3S/c18-24(22,23)15-7-5-13(6-8-15)11-19-17(21)12-20-10-9-14-3-1-2-4-16(14)20/h1-10H,11-12H2,(H,19,21)(H2,18,22,23). The van der Waals surface area contributed by atoms with Crippen molar-refractivity contribution in [3.05, 3.63) is 66.4 Å². The van der Waals surface area contributed by atoms with Crippen molar-refractivity contribution in [1.29, 1.82) is 0 Å². The minimum Gasteiger partial charge on any atom is -0.350 e. The fraction of sp³-hybridized carbons (Fsp3) is 0.118. The summed E-state index contributed by atoms with van der Waals surface area (Å²) in [5.41, 5.74) is 1.80. The highest BCUT2D eigenvalue weighted by Crippen LogP contribution is 2.14. The summed E-state index contributed by atoms with van der Waals surface area (Å²) >= 11 is 0. The number of nitrogens with zero attached hydrogens (tertiary/aromatic N) is 1. The topological polar surface area (TPSA) is 94.2 Å². The van der Waals surface area contributed by atoms with Crippen molar-refractivity contribution in [2.45, 2.75) is 18.0 Å². The predicted molar refractivity (Wildman–Crippen MR) is 91.6 cm³/mol. The van der Waals surface area contributed by atoms with E-state index in [0.29, 0.717) is 6.54 Å². The van der Waals surface area contributed by atoms with Crippen LogP contribution in [0.3, 0.4) is 0 Å². The summed E-state index contributed by atoms with van der Waals surface area (Å²) < 4.78 is 24.3. The third kappa shape index (κ3) is 3.64. The lowest BCUT2D eigenvalue weighted by Crippen LogP contribution is -2.26. The van der Waals surface area contributed by atoms with Crippen molar-refractivity contribution in [2.24, 2.45) is 5.14 Å². The maximum Gasteiger partial charge on any atom is 0.240 e. The van der Waals surface area contributed by atoms with Crippen LogP contribution in [-0.2, 0) is 27.9 Å². The highest BCUT2D eigenvalue weighted by atomic mass is 32.2. The smallest absolute Gasteiger partial charge is 0.240 e. The monoisotopic (exact) mass is 343 g/mol. The van der Waals surface area contributed by atoms with Gasteiger partial charge < -0.3 is 9.88 Å². The van der Waals surface area contributed by atoms with Crippen LogP contribution in [0.25, 0.3) is 10.9 Å². The molecule has 0 fully saturated rings. The van der Waals surface area contributed by atoms with E-state index in [-0.39, 0.29) is 17.3 Å². The molecule has 0 saturated carbocycles. The summed E-state index contributed by atoms with van der Waals surface area (Å²) in [6, 6.07) is 15.9. The number of primary sulfonamides is 1.